The highest BCUT2D eigenvalue weighted by Gasteiger charge is 2.16. The molecule has 24 heavy (non-hydrogen) atoms. The summed E-state index contributed by atoms with van der Waals surface area (Å²) in [5.74, 6) is 0. The van der Waals surface area contributed by atoms with Crippen LogP contribution in [0.3, 0.4) is 0 Å². The van der Waals surface area contributed by atoms with Crippen molar-refractivity contribution in [2.45, 2.75) is 51.9 Å². The fourth-order valence-electron chi connectivity index (χ4n) is 1.84. The Hall–Kier alpha value is -1.31. The van der Waals surface area contributed by atoms with Crippen molar-refractivity contribution < 1.29 is 23.7 Å². The van der Waals surface area contributed by atoms with Gasteiger partial charge in [-0.3, -0.25) is 0 Å². The summed E-state index contributed by atoms with van der Waals surface area (Å²) in [5.41, 5.74) is -0.491. The standard InChI is InChI=1S/C17H34N2O5/c1-14(15(21-6)8-7-9-18-5)23-13-12-22-11-10-19-16(20)24-17(2,3)4/h7,9,14-15,18H,8,10-13H2,1-6H3,(H,19,20)/b9-7-/t14-,15?/m0/s1. The Kier molecular flexibility index (Phi) is 12.3. The molecule has 0 saturated carbocycles. The number of carbonyl (C=O) groups excluding carboxylic acids is 1. The van der Waals surface area contributed by atoms with Crippen molar-refractivity contribution in [2.24, 2.45) is 0 Å². The quantitative estimate of drug-likeness (QED) is 0.527. The van der Waals surface area contributed by atoms with Crippen molar-refractivity contribution in [3.05, 3.63) is 12.3 Å². The van der Waals surface area contributed by atoms with Crippen molar-refractivity contribution in [3.63, 3.8) is 0 Å². The fraction of sp³-hybridized carbons (Fsp3) is 0.824. The zero-order valence-corrected chi connectivity index (χ0v) is 15.9. The first kappa shape index (κ1) is 22.7. The molecule has 7 nitrogen and oxygen atoms in total. The zero-order chi connectivity index (χ0) is 18.4. The molecular formula is C17H34N2O5. The lowest BCUT2D eigenvalue weighted by Gasteiger charge is -2.22. The first-order valence-corrected chi connectivity index (χ1v) is 8.31. The summed E-state index contributed by atoms with van der Waals surface area (Å²) in [4.78, 5) is 11.4. The molecule has 0 aromatic carbocycles. The largest absolute Gasteiger partial charge is 0.444 e. The molecule has 0 rings (SSSR count). The Labute approximate surface area is 146 Å². The number of hydrogen-bond acceptors (Lipinski definition) is 6. The summed E-state index contributed by atoms with van der Waals surface area (Å²) in [7, 11) is 3.53. The van der Waals surface area contributed by atoms with Crippen LogP contribution in [0.1, 0.15) is 34.1 Å². The van der Waals surface area contributed by atoms with Crippen LogP contribution in [0.5, 0.6) is 0 Å². The number of carbonyl (C=O) groups is 1. The number of amides is 1. The Bertz CT molecular complexity index is 355. The van der Waals surface area contributed by atoms with E-state index in [0.29, 0.717) is 26.4 Å². The third-order valence-corrected chi connectivity index (χ3v) is 3.00. The van der Waals surface area contributed by atoms with E-state index in [1.54, 1.807) is 7.11 Å². The minimum atomic E-state index is -0.491. The molecule has 0 aliphatic heterocycles. The molecule has 0 saturated heterocycles. The van der Waals surface area contributed by atoms with Gasteiger partial charge in [-0.25, -0.2) is 4.79 Å². The highest BCUT2D eigenvalue weighted by molar-refractivity contribution is 5.67. The van der Waals surface area contributed by atoms with Gasteiger partial charge < -0.3 is 29.6 Å². The SMILES string of the molecule is CN/C=C\CC(OC)[C@H](C)OCCOCCNC(=O)OC(C)(C)C. The molecule has 0 aliphatic carbocycles. The second kappa shape index (κ2) is 13.0. The van der Waals surface area contributed by atoms with Gasteiger partial charge in [-0.05, 0) is 40.3 Å². The van der Waals surface area contributed by atoms with E-state index in [0.717, 1.165) is 6.42 Å². The van der Waals surface area contributed by atoms with Crippen LogP contribution >= 0.6 is 0 Å². The molecule has 2 N–H and O–H groups in total. The molecule has 2 atom stereocenters. The lowest BCUT2D eigenvalue weighted by Crippen LogP contribution is -2.34. The molecule has 1 amide bonds. The number of rotatable bonds is 12. The topological polar surface area (TPSA) is 78.0 Å². The number of ether oxygens (including phenoxy) is 4. The van der Waals surface area contributed by atoms with E-state index in [4.69, 9.17) is 18.9 Å². The van der Waals surface area contributed by atoms with Crippen LogP contribution in [0.15, 0.2) is 12.3 Å². The van der Waals surface area contributed by atoms with E-state index in [9.17, 15) is 4.79 Å². The second-order valence-corrected chi connectivity index (χ2v) is 6.32. The van der Waals surface area contributed by atoms with Crippen molar-refractivity contribution in [2.75, 3.05) is 40.5 Å². The second-order valence-electron chi connectivity index (χ2n) is 6.32. The monoisotopic (exact) mass is 346 g/mol. The first-order valence-electron chi connectivity index (χ1n) is 8.31. The number of hydrogen-bond donors (Lipinski definition) is 2. The van der Waals surface area contributed by atoms with Gasteiger partial charge in [0, 0.05) is 20.7 Å². The predicted octanol–water partition coefficient (Wildman–Crippen LogP) is 2.07. The molecule has 0 aliphatic rings. The fourth-order valence-corrected chi connectivity index (χ4v) is 1.84. The van der Waals surface area contributed by atoms with Gasteiger partial charge in [-0.1, -0.05) is 6.08 Å². The summed E-state index contributed by atoms with van der Waals surface area (Å²) in [6.07, 6.45) is 4.20. The van der Waals surface area contributed by atoms with Gasteiger partial charge in [0.2, 0.25) is 0 Å². The average Bonchev–Trinajstić information content (AvgIpc) is 2.48. The van der Waals surface area contributed by atoms with Crippen LogP contribution < -0.4 is 10.6 Å². The van der Waals surface area contributed by atoms with Crippen LogP contribution in [0.2, 0.25) is 0 Å². The highest BCUT2D eigenvalue weighted by Crippen LogP contribution is 2.08. The van der Waals surface area contributed by atoms with E-state index in [2.05, 4.69) is 10.6 Å². The molecule has 7 heteroatoms. The van der Waals surface area contributed by atoms with Crippen LogP contribution in [0, 0.1) is 0 Å². The van der Waals surface area contributed by atoms with Crippen molar-refractivity contribution in [3.8, 4) is 0 Å². The smallest absolute Gasteiger partial charge is 0.407 e. The lowest BCUT2D eigenvalue weighted by atomic mass is 10.1. The average molecular weight is 346 g/mol. The molecule has 0 bridgehead atoms. The Morgan fingerprint density at radius 3 is 2.50 bits per heavy atom. The molecule has 0 heterocycles. The van der Waals surface area contributed by atoms with E-state index in [-0.39, 0.29) is 12.2 Å². The molecular weight excluding hydrogens is 312 g/mol. The maximum absolute atomic E-state index is 11.4. The normalized spacial score (nSPS) is 14.4. The predicted molar refractivity (Wildman–Crippen MR) is 94.1 cm³/mol. The summed E-state index contributed by atoms with van der Waals surface area (Å²) < 4.78 is 21.7. The summed E-state index contributed by atoms with van der Waals surface area (Å²) in [6, 6.07) is 0. The minimum absolute atomic E-state index is 0.00318. The van der Waals surface area contributed by atoms with Gasteiger partial charge in [0.05, 0.1) is 32.0 Å². The Morgan fingerprint density at radius 2 is 1.92 bits per heavy atom. The Morgan fingerprint density at radius 1 is 1.21 bits per heavy atom. The number of methoxy groups -OCH3 is 1. The van der Waals surface area contributed by atoms with Crippen molar-refractivity contribution in [1.29, 1.82) is 0 Å². The van der Waals surface area contributed by atoms with Crippen molar-refractivity contribution >= 4 is 6.09 Å². The summed E-state index contributed by atoms with van der Waals surface area (Å²) in [6.45, 7) is 9.20. The molecule has 0 spiro atoms. The molecule has 1 unspecified atom stereocenters. The summed E-state index contributed by atoms with van der Waals surface area (Å²) >= 11 is 0. The van der Waals surface area contributed by atoms with Gasteiger partial charge in [0.1, 0.15) is 5.60 Å². The van der Waals surface area contributed by atoms with Crippen LogP contribution in [0.25, 0.3) is 0 Å². The van der Waals surface area contributed by atoms with E-state index >= 15 is 0 Å². The molecule has 0 radical (unpaired) electrons. The maximum atomic E-state index is 11.4. The van der Waals surface area contributed by atoms with Gasteiger partial charge >= 0.3 is 6.09 Å². The van der Waals surface area contributed by atoms with E-state index in [1.807, 2.05) is 47.0 Å². The molecule has 0 aromatic heterocycles. The third kappa shape index (κ3) is 13.2. The van der Waals surface area contributed by atoms with Crippen LogP contribution in [0.4, 0.5) is 4.79 Å². The van der Waals surface area contributed by atoms with E-state index in [1.165, 1.54) is 0 Å². The molecule has 0 aromatic rings. The van der Waals surface area contributed by atoms with Crippen LogP contribution in [-0.2, 0) is 18.9 Å². The Balaban J connectivity index is 3.67. The van der Waals surface area contributed by atoms with Gasteiger partial charge in [0.15, 0.2) is 0 Å². The van der Waals surface area contributed by atoms with Crippen LogP contribution in [-0.4, -0.2) is 64.4 Å². The zero-order valence-electron chi connectivity index (χ0n) is 15.9. The molecule has 0 fully saturated rings. The third-order valence-electron chi connectivity index (χ3n) is 3.00. The number of nitrogens with one attached hydrogen (secondary N) is 2. The molecule has 142 valence electrons. The highest BCUT2D eigenvalue weighted by atomic mass is 16.6. The van der Waals surface area contributed by atoms with E-state index < -0.39 is 11.7 Å². The van der Waals surface area contributed by atoms with Gasteiger partial charge in [0.25, 0.3) is 0 Å². The van der Waals surface area contributed by atoms with Gasteiger partial charge in [-0.15, -0.1) is 0 Å². The summed E-state index contributed by atoms with van der Waals surface area (Å²) in [5, 5.41) is 5.58. The first-order chi connectivity index (χ1) is 11.3. The number of alkyl carbamates (subject to hydrolysis) is 1. The van der Waals surface area contributed by atoms with Gasteiger partial charge in [-0.2, -0.15) is 0 Å². The van der Waals surface area contributed by atoms with Crippen molar-refractivity contribution in [1.82, 2.24) is 10.6 Å². The maximum Gasteiger partial charge on any atom is 0.407 e. The lowest BCUT2D eigenvalue weighted by molar-refractivity contribution is -0.0606. The minimum Gasteiger partial charge on any atom is -0.444 e.